The summed E-state index contributed by atoms with van der Waals surface area (Å²) in [6.07, 6.45) is 3.56. The van der Waals surface area contributed by atoms with E-state index >= 15 is 0 Å². The van der Waals surface area contributed by atoms with Gasteiger partial charge in [0.05, 0.1) is 11.2 Å². The Labute approximate surface area is 129 Å². The number of furan rings is 1. The van der Waals surface area contributed by atoms with Crippen molar-refractivity contribution >= 4 is 45.9 Å². The Morgan fingerprint density at radius 3 is 2.86 bits per heavy atom. The number of carbonyl (C=O) groups excluding carboxylic acids is 2. The van der Waals surface area contributed by atoms with Gasteiger partial charge < -0.3 is 9.52 Å². The van der Waals surface area contributed by atoms with E-state index in [0.717, 1.165) is 28.3 Å². The minimum Gasteiger partial charge on any atom is -0.481 e. The van der Waals surface area contributed by atoms with Gasteiger partial charge in [-0.15, -0.1) is 0 Å². The fourth-order valence-electron chi connectivity index (χ4n) is 2.20. The average molecular weight is 317 g/mol. The van der Waals surface area contributed by atoms with Crippen LogP contribution in [0.15, 0.2) is 33.8 Å². The number of carboxylic acid groups (broad SMARTS) is 1. The highest BCUT2D eigenvalue weighted by atomic mass is 32.2. The topological polar surface area (TPSA) is 96.6 Å². The van der Waals surface area contributed by atoms with E-state index in [1.807, 2.05) is 6.07 Å². The first-order chi connectivity index (χ1) is 10.5. The number of amides is 2. The lowest BCUT2D eigenvalue weighted by atomic mass is 10.1. The predicted octanol–water partition coefficient (Wildman–Crippen LogP) is 2.77. The van der Waals surface area contributed by atoms with E-state index in [-0.39, 0.29) is 11.7 Å². The molecule has 22 heavy (non-hydrogen) atoms. The summed E-state index contributed by atoms with van der Waals surface area (Å²) >= 11 is 0.855. The van der Waals surface area contributed by atoms with Crippen molar-refractivity contribution in [2.75, 3.05) is 0 Å². The van der Waals surface area contributed by atoms with Gasteiger partial charge in [0.15, 0.2) is 0 Å². The molecule has 0 bridgehead atoms. The number of carboxylic acids is 1. The molecule has 2 amide bonds. The number of hydrogen-bond acceptors (Lipinski definition) is 5. The first kappa shape index (κ1) is 14.4. The van der Waals surface area contributed by atoms with Gasteiger partial charge in [-0.2, -0.15) is 0 Å². The molecule has 0 spiro atoms. The zero-order valence-corrected chi connectivity index (χ0v) is 12.1. The molecule has 0 aliphatic carbocycles. The highest BCUT2D eigenvalue weighted by Gasteiger charge is 2.24. The van der Waals surface area contributed by atoms with Crippen molar-refractivity contribution in [3.05, 3.63) is 40.5 Å². The molecule has 3 rings (SSSR count). The molecule has 2 N–H and O–H groups in total. The normalized spacial score (nSPS) is 16.5. The highest BCUT2D eigenvalue weighted by molar-refractivity contribution is 8.18. The number of benzene rings is 1. The average Bonchev–Trinajstić information content (AvgIpc) is 3.00. The molecule has 0 atom stereocenters. The zero-order valence-electron chi connectivity index (χ0n) is 11.3. The lowest BCUT2D eigenvalue weighted by Crippen LogP contribution is -2.17. The summed E-state index contributed by atoms with van der Waals surface area (Å²) in [5, 5.41) is 11.4. The van der Waals surface area contributed by atoms with Crippen LogP contribution in [0.25, 0.3) is 17.0 Å². The molecule has 0 unspecified atom stereocenters. The van der Waals surface area contributed by atoms with Crippen LogP contribution in [0.5, 0.6) is 0 Å². The summed E-state index contributed by atoms with van der Waals surface area (Å²) in [6, 6.07) is 5.35. The molecule has 6 nitrogen and oxygen atoms in total. The third-order valence-corrected chi connectivity index (χ3v) is 4.04. The van der Waals surface area contributed by atoms with Crippen molar-refractivity contribution in [2.45, 2.75) is 12.8 Å². The molecule has 1 aromatic heterocycles. The van der Waals surface area contributed by atoms with E-state index in [0.29, 0.717) is 16.9 Å². The van der Waals surface area contributed by atoms with E-state index in [4.69, 9.17) is 9.52 Å². The van der Waals surface area contributed by atoms with Crippen molar-refractivity contribution in [2.24, 2.45) is 0 Å². The van der Waals surface area contributed by atoms with Crippen molar-refractivity contribution < 1.29 is 23.9 Å². The van der Waals surface area contributed by atoms with Crippen LogP contribution in [0, 0.1) is 0 Å². The lowest BCUT2D eigenvalue weighted by Gasteiger charge is -1.98. The van der Waals surface area contributed by atoms with Gasteiger partial charge in [-0.25, -0.2) is 0 Å². The summed E-state index contributed by atoms with van der Waals surface area (Å²) in [7, 11) is 0. The van der Waals surface area contributed by atoms with Crippen LogP contribution in [-0.2, 0) is 16.0 Å². The molecule has 1 saturated heterocycles. The summed E-state index contributed by atoms with van der Waals surface area (Å²) in [5.41, 5.74) is 2.21. The van der Waals surface area contributed by atoms with Gasteiger partial charge in [-0.1, -0.05) is 6.07 Å². The molecule has 1 aliphatic heterocycles. The van der Waals surface area contributed by atoms with Crippen LogP contribution < -0.4 is 5.32 Å². The van der Waals surface area contributed by atoms with E-state index in [1.54, 1.807) is 24.5 Å². The van der Waals surface area contributed by atoms with Gasteiger partial charge in [0.2, 0.25) is 0 Å². The lowest BCUT2D eigenvalue weighted by molar-refractivity contribution is -0.137. The Hall–Kier alpha value is -2.54. The Morgan fingerprint density at radius 2 is 2.18 bits per heavy atom. The summed E-state index contributed by atoms with van der Waals surface area (Å²) in [6.45, 7) is 0. The van der Waals surface area contributed by atoms with Crippen molar-refractivity contribution in [1.29, 1.82) is 0 Å². The van der Waals surface area contributed by atoms with E-state index in [9.17, 15) is 14.4 Å². The second-order valence-corrected chi connectivity index (χ2v) is 5.78. The van der Waals surface area contributed by atoms with Crippen molar-refractivity contribution in [1.82, 2.24) is 5.32 Å². The van der Waals surface area contributed by atoms with Gasteiger partial charge in [0.25, 0.3) is 11.1 Å². The molecule has 7 heteroatoms. The Morgan fingerprint density at radius 1 is 1.36 bits per heavy atom. The van der Waals surface area contributed by atoms with Crippen molar-refractivity contribution in [3.63, 3.8) is 0 Å². The summed E-state index contributed by atoms with van der Waals surface area (Å²) in [5.74, 6) is -1.28. The largest absolute Gasteiger partial charge is 0.481 e. The highest BCUT2D eigenvalue weighted by Crippen LogP contribution is 2.28. The molecule has 2 heterocycles. The molecular weight excluding hydrogens is 306 g/mol. The van der Waals surface area contributed by atoms with Gasteiger partial charge >= 0.3 is 5.97 Å². The quantitative estimate of drug-likeness (QED) is 0.842. The molecule has 112 valence electrons. The number of thioether (sulfide) groups is 1. The number of carbonyl (C=O) groups is 3. The number of hydrogen-bond donors (Lipinski definition) is 2. The monoisotopic (exact) mass is 317 g/mol. The third-order valence-electron chi connectivity index (χ3n) is 3.23. The number of aliphatic carboxylic acids is 1. The fourth-order valence-corrected chi connectivity index (χ4v) is 2.88. The summed E-state index contributed by atoms with van der Waals surface area (Å²) < 4.78 is 5.39. The van der Waals surface area contributed by atoms with Gasteiger partial charge in [0.1, 0.15) is 5.58 Å². The first-order valence-corrected chi connectivity index (χ1v) is 7.31. The Kier molecular flexibility index (Phi) is 3.72. The minimum absolute atomic E-state index is 0.0205. The van der Waals surface area contributed by atoms with Crippen LogP contribution in [0.3, 0.4) is 0 Å². The minimum atomic E-state index is -0.870. The number of nitrogens with one attached hydrogen (secondary N) is 1. The molecule has 0 saturated carbocycles. The van der Waals surface area contributed by atoms with Gasteiger partial charge in [-0.3, -0.25) is 19.7 Å². The van der Waals surface area contributed by atoms with Gasteiger partial charge in [0, 0.05) is 11.8 Å². The Balaban J connectivity index is 1.93. The Bertz CT molecular complexity index is 820. The second kappa shape index (κ2) is 5.69. The predicted molar refractivity (Wildman–Crippen MR) is 81.3 cm³/mol. The molecule has 0 radical (unpaired) electrons. The van der Waals surface area contributed by atoms with Crippen LogP contribution in [0.4, 0.5) is 4.79 Å². The first-order valence-electron chi connectivity index (χ1n) is 6.50. The van der Waals surface area contributed by atoms with E-state index < -0.39 is 11.9 Å². The van der Waals surface area contributed by atoms with Crippen LogP contribution in [-0.4, -0.2) is 22.2 Å². The number of fused-ring (bicyclic) bond motifs is 1. The third kappa shape index (κ3) is 2.89. The second-order valence-electron chi connectivity index (χ2n) is 4.76. The summed E-state index contributed by atoms with van der Waals surface area (Å²) in [4.78, 5) is 33.7. The van der Waals surface area contributed by atoms with Gasteiger partial charge in [-0.05, 0) is 47.5 Å². The molecule has 1 aliphatic rings. The fraction of sp³-hybridized carbons (Fsp3) is 0.133. The maximum absolute atomic E-state index is 11.5. The zero-order chi connectivity index (χ0) is 15.7. The van der Waals surface area contributed by atoms with Crippen LogP contribution in [0.1, 0.15) is 17.5 Å². The van der Waals surface area contributed by atoms with Crippen LogP contribution in [0.2, 0.25) is 0 Å². The maximum atomic E-state index is 11.5. The SMILES string of the molecule is O=C(O)CCc1coc2ccc(C=C3SC(=O)NC3=O)cc12. The molecule has 1 fully saturated rings. The number of imide groups is 1. The standard InChI is InChI=1S/C15H11NO5S/c17-13(18)4-2-9-7-21-11-3-1-8(5-10(9)11)6-12-14(19)16-15(20)22-12/h1,3,5-7H,2,4H2,(H,17,18)(H,16,19,20). The van der Waals surface area contributed by atoms with Crippen molar-refractivity contribution in [3.8, 4) is 0 Å². The smallest absolute Gasteiger partial charge is 0.303 e. The van der Waals surface area contributed by atoms with E-state index in [2.05, 4.69) is 5.32 Å². The number of aryl methyl sites for hydroxylation is 1. The number of rotatable bonds is 4. The maximum Gasteiger partial charge on any atom is 0.303 e. The molecule has 2 aromatic rings. The van der Waals surface area contributed by atoms with E-state index in [1.165, 1.54) is 0 Å². The molecule has 1 aromatic carbocycles. The molecular formula is C15H11NO5S. The van der Waals surface area contributed by atoms with Crippen LogP contribution >= 0.6 is 11.8 Å².